The lowest BCUT2D eigenvalue weighted by atomic mass is 10.1. The monoisotopic (exact) mass is 247 g/mol. The van der Waals surface area contributed by atoms with Crippen LogP contribution >= 0.6 is 0 Å². The smallest absolute Gasteiger partial charge is 0.130 e. The molecule has 4 nitrogen and oxygen atoms in total. The maximum absolute atomic E-state index is 7.49. The zero-order valence-electron chi connectivity index (χ0n) is 10.7. The first-order chi connectivity index (χ1) is 8.77. The molecule has 0 atom stereocenters. The van der Waals surface area contributed by atoms with Gasteiger partial charge in [-0.15, -0.1) is 0 Å². The van der Waals surface area contributed by atoms with Crippen molar-refractivity contribution >= 4 is 5.84 Å². The molecule has 0 bridgehead atoms. The van der Waals surface area contributed by atoms with E-state index in [0.717, 1.165) is 6.54 Å². The van der Waals surface area contributed by atoms with E-state index in [0.29, 0.717) is 17.9 Å². The number of hydrogen-bond donors (Lipinski definition) is 2. The highest BCUT2D eigenvalue weighted by molar-refractivity contribution is 5.97. The minimum Gasteiger partial charge on any atom is -0.491 e. The molecule has 4 heteroatoms. The molecular formula is C14H21N3O. The van der Waals surface area contributed by atoms with E-state index < -0.39 is 0 Å². The van der Waals surface area contributed by atoms with Crippen molar-refractivity contribution in [1.82, 2.24) is 4.90 Å². The Morgan fingerprint density at radius 2 is 1.94 bits per heavy atom. The Kier molecular flexibility index (Phi) is 4.59. The van der Waals surface area contributed by atoms with Crippen molar-refractivity contribution in [2.24, 2.45) is 5.73 Å². The predicted molar refractivity (Wildman–Crippen MR) is 73.2 cm³/mol. The van der Waals surface area contributed by atoms with Crippen LogP contribution in [0.4, 0.5) is 0 Å². The highest BCUT2D eigenvalue weighted by atomic mass is 16.5. The van der Waals surface area contributed by atoms with Crippen LogP contribution in [0.2, 0.25) is 0 Å². The third-order valence-electron chi connectivity index (χ3n) is 3.29. The van der Waals surface area contributed by atoms with E-state index in [9.17, 15) is 0 Å². The molecule has 1 heterocycles. The van der Waals surface area contributed by atoms with E-state index >= 15 is 0 Å². The molecule has 1 saturated heterocycles. The molecule has 0 saturated carbocycles. The van der Waals surface area contributed by atoms with Crippen LogP contribution in [0.5, 0.6) is 5.75 Å². The number of benzene rings is 1. The Morgan fingerprint density at radius 1 is 1.22 bits per heavy atom. The van der Waals surface area contributed by atoms with E-state index in [-0.39, 0.29) is 5.84 Å². The van der Waals surface area contributed by atoms with Gasteiger partial charge in [0.05, 0.1) is 5.56 Å². The fourth-order valence-electron chi connectivity index (χ4n) is 2.28. The normalized spacial score (nSPS) is 16.4. The van der Waals surface area contributed by atoms with Crippen molar-refractivity contribution in [3.8, 4) is 5.75 Å². The second-order valence-electron chi connectivity index (χ2n) is 4.66. The lowest BCUT2D eigenvalue weighted by molar-refractivity contribution is 0.183. The van der Waals surface area contributed by atoms with Crippen molar-refractivity contribution in [3.63, 3.8) is 0 Å². The Bertz CT molecular complexity index is 400. The second kappa shape index (κ2) is 6.40. The minimum atomic E-state index is 0.0589. The van der Waals surface area contributed by atoms with Gasteiger partial charge >= 0.3 is 0 Å². The largest absolute Gasteiger partial charge is 0.491 e. The van der Waals surface area contributed by atoms with Crippen molar-refractivity contribution < 1.29 is 4.74 Å². The summed E-state index contributed by atoms with van der Waals surface area (Å²) in [5.74, 6) is 0.769. The summed E-state index contributed by atoms with van der Waals surface area (Å²) in [7, 11) is 0. The lowest BCUT2D eigenvalue weighted by Gasteiger charge is -2.26. The summed E-state index contributed by atoms with van der Waals surface area (Å²) in [5, 5.41) is 7.49. The highest BCUT2D eigenvalue weighted by Crippen LogP contribution is 2.17. The Morgan fingerprint density at radius 3 is 2.67 bits per heavy atom. The molecule has 3 N–H and O–H groups in total. The number of nitrogens with zero attached hydrogens (tertiary/aromatic N) is 1. The van der Waals surface area contributed by atoms with Crippen LogP contribution in [0.25, 0.3) is 0 Å². The lowest BCUT2D eigenvalue weighted by Crippen LogP contribution is -2.33. The molecule has 18 heavy (non-hydrogen) atoms. The van der Waals surface area contributed by atoms with Crippen LogP contribution in [-0.4, -0.2) is 37.0 Å². The first kappa shape index (κ1) is 12.9. The maximum Gasteiger partial charge on any atom is 0.130 e. The minimum absolute atomic E-state index is 0.0589. The van der Waals surface area contributed by atoms with E-state index in [1.165, 1.54) is 32.4 Å². The molecule has 0 aromatic heterocycles. The van der Waals surface area contributed by atoms with Crippen molar-refractivity contribution in [3.05, 3.63) is 29.8 Å². The first-order valence-corrected chi connectivity index (χ1v) is 6.56. The molecular weight excluding hydrogens is 226 g/mol. The van der Waals surface area contributed by atoms with Crippen LogP contribution in [0.1, 0.15) is 24.8 Å². The quantitative estimate of drug-likeness (QED) is 0.616. The van der Waals surface area contributed by atoms with E-state index in [2.05, 4.69) is 4.90 Å². The van der Waals surface area contributed by atoms with Crippen LogP contribution in [0.15, 0.2) is 24.3 Å². The van der Waals surface area contributed by atoms with Crippen molar-refractivity contribution in [1.29, 1.82) is 5.41 Å². The number of hydrogen-bond acceptors (Lipinski definition) is 3. The predicted octanol–water partition coefficient (Wildman–Crippen LogP) is 1.84. The summed E-state index contributed by atoms with van der Waals surface area (Å²) < 4.78 is 5.74. The van der Waals surface area contributed by atoms with Crippen LogP contribution in [0, 0.1) is 5.41 Å². The number of piperidine rings is 1. The van der Waals surface area contributed by atoms with Gasteiger partial charge in [-0.05, 0) is 38.1 Å². The number of nitrogens with two attached hydrogens (primary N) is 1. The maximum atomic E-state index is 7.49. The SMILES string of the molecule is N=C(N)c1ccccc1OCCN1CCCCC1. The third-order valence-corrected chi connectivity index (χ3v) is 3.29. The molecule has 2 rings (SSSR count). The fraction of sp³-hybridized carbons (Fsp3) is 0.500. The number of rotatable bonds is 5. The van der Waals surface area contributed by atoms with Crippen molar-refractivity contribution in [2.75, 3.05) is 26.2 Å². The zero-order chi connectivity index (χ0) is 12.8. The van der Waals surface area contributed by atoms with Gasteiger partial charge in [-0.25, -0.2) is 0 Å². The van der Waals surface area contributed by atoms with E-state index in [4.69, 9.17) is 15.9 Å². The highest BCUT2D eigenvalue weighted by Gasteiger charge is 2.10. The van der Waals surface area contributed by atoms with Gasteiger partial charge in [0.1, 0.15) is 18.2 Å². The standard InChI is InChI=1S/C14H21N3O/c15-14(16)12-6-2-3-7-13(12)18-11-10-17-8-4-1-5-9-17/h2-3,6-7H,1,4-5,8-11H2,(H3,15,16). The third kappa shape index (κ3) is 3.47. The van der Waals surface area contributed by atoms with E-state index in [1.807, 2.05) is 24.3 Å². The molecule has 1 fully saturated rings. The zero-order valence-corrected chi connectivity index (χ0v) is 10.7. The molecule has 0 amide bonds. The number of amidine groups is 1. The van der Waals surface area contributed by atoms with Gasteiger partial charge in [-0.2, -0.15) is 0 Å². The molecule has 0 unspecified atom stereocenters. The molecule has 0 aliphatic carbocycles. The molecule has 1 aromatic carbocycles. The molecule has 1 aliphatic heterocycles. The van der Waals surface area contributed by atoms with Gasteiger partial charge in [0.2, 0.25) is 0 Å². The summed E-state index contributed by atoms with van der Waals surface area (Å²) in [6.45, 7) is 3.96. The van der Waals surface area contributed by atoms with Gasteiger partial charge in [0.15, 0.2) is 0 Å². The molecule has 1 aromatic rings. The number of likely N-dealkylation sites (tertiary alicyclic amines) is 1. The number of nitrogens with one attached hydrogen (secondary N) is 1. The first-order valence-electron chi connectivity index (χ1n) is 6.56. The van der Waals surface area contributed by atoms with Crippen LogP contribution in [-0.2, 0) is 0 Å². The average Bonchev–Trinajstić information content (AvgIpc) is 2.40. The van der Waals surface area contributed by atoms with E-state index in [1.54, 1.807) is 0 Å². The molecule has 0 radical (unpaired) electrons. The van der Waals surface area contributed by atoms with Gasteiger partial charge in [-0.3, -0.25) is 10.3 Å². The van der Waals surface area contributed by atoms with Crippen LogP contribution < -0.4 is 10.5 Å². The molecule has 1 aliphatic rings. The average molecular weight is 247 g/mol. The summed E-state index contributed by atoms with van der Waals surface area (Å²) in [6.07, 6.45) is 3.94. The molecule has 0 spiro atoms. The van der Waals surface area contributed by atoms with Gasteiger partial charge in [0.25, 0.3) is 0 Å². The van der Waals surface area contributed by atoms with Crippen LogP contribution in [0.3, 0.4) is 0 Å². The summed E-state index contributed by atoms with van der Waals surface area (Å²) in [6, 6.07) is 7.46. The Labute approximate surface area is 108 Å². The Hall–Kier alpha value is -1.55. The van der Waals surface area contributed by atoms with Gasteiger partial charge in [0, 0.05) is 6.54 Å². The number of para-hydroxylation sites is 1. The Balaban J connectivity index is 1.84. The molecule has 98 valence electrons. The topological polar surface area (TPSA) is 62.3 Å². The summed E-state index contributed by atoms with van der Waals surface area (Å²) >= 11 is 0. The summed E-state index contributed by atoms with van der Waals surface area (Å²) in [4.78, 5) is 2.43. The fourth-order valence-corrected chi connectivity index (χ4v) is 2.28. The number of nitrogen functional groups attached to an aromatic ring is 1. The van der Waals surface area contributed by atoms with Gasteiger partial charge in [-0.1, -0.05) is 18.6 Å². The second-order valence-corrected chi connectivity index (χ2v) is 4.66. The van der Waals surface area contributed by atoms with Crippen molar-refractivity contribution in [2.45, 2.75) is 19.3 Å². The summed E-state index contributed by atoms with van der Waals surface area (Å²) in [5.41, 5.74) is 6.20. The van der Waals surface area contributed by atoms with Gasteiger partial charge < -0.3 is 10.5 Å². The number of ether oxygens (including phenoxy) is 1.